The van der Waals surface area contributed by atoms with Crippen molar-refractivity contribution in [2.24, 2.45) is 0 Å². The molecule has 6 heteroatoms. The minimum absolute atomic E-state index is 0.200. The lowest BCUT2D eigenvalue weighted by molar-refractivity contribution is 0.603. The maximum atomic E-state index is 13.0. The van der Waals surface area contributed by atoms with Crippen molar-refractivity contribution >= 4 is 5.69 Å². The van der Waals surface area contributed by atoms with Gasteiger partial charge in [0.15, 0.2) is 0 Å². The molecule has 2 rings (SSSR count). The second kappa shape index (κ2) is 5.60. The van der Waals surface area contributed by atoms with Gasteiger partial charge in [-0.2, -0.15) is 5.10 Å². The van der Waals surface area contributed by atoms with Crippen LogP contribution in [-0.4, -0.2) is 20.8 Å². The Hall–Kier alpha value is -2.24. The molecule has 0 unspecified atom stereocenters. The molecule has 0 saturated heterocycles. The maximum absolute atomic E-state index is 13.0. The monoisotopic (exact) mass is 262 g/mol. The summed E-state index contributed by atoms with van der Waals surface area (Å²) in [6.07, 6.45) is 4.21. The molecule has 0 aliphatic heterocycles. The van der Waals surface area contributed by atoms with Crippen LogP contribution in [0.5, 0.6) is 0 Å². The van der Waals surface area contributed by atoms with E-state index in [-0.39, 0.29) is 18.1 Å². The number of halogens is 1. The summed E-state index contributed by atoms with van der Waals surface area (Å²) < 4.78 is 14.3. The highest BCUT2D eigenvalue weighted by Gasteiger charge is 2.03. The summed E-state index contributed by atoms with van der Waals surface area (Å²) in [5, 5.41) is 7.15. The number of nitrogens with zero attached hydrogens (tertiary/aromatic N) is 3. The van der Waals surface area contributed by atoms with Crippen LogP contribution in [-0.2, 0) is 6.54 Å². The molecular weight excluding hydrogens is 247 g/mol. The molecule has 0 aliphatic rings. The third kappa shape index (κ3) is 3.61. The molecule has 0 saturated carbocycles. The first kappa shape index (κ1) is 13.2. The van der Waals surface area contributed by atoms with Gasteiger partial charge in [-0.05, 0) is 25.5 Å². The lowest BCUT2D eigenvalue weighted by Gasteiger charge is -2.10. The molecule has 5 nitrogen and oxygen atoms in total. The van der Waals surface area contributed by atoms with Crippen LogP contribution >= 0.6 is 0 Å². The second-order valence-corrected chi connectivity index (χ2v) is 4.55. The first-order valence-electron chi connectivity index (χ1n) is 5.98. The van der Waals surface area contributed by atoms with E-state index in [0.717, 1.165) is 6.20 Å². The van der Waals surface area contributed by atoms with E-state index >= 15 is 0 Å². The van der Waals surface area contributed by atoms with Gasteiger partial charge in [0.05, 0.1) is 24.6 Å². The van der Waals surface area contributed by atoms with Crippen LogP contribution < -0.4 is 10.9 Å². The highest BCUT2D eigenvalue weighted by molar-refractivity contribution is 5.39. The number of nitrogens with one attached hydrogen (secondary N) is 1. The third-order valence-electron chi connectivity index (χ3n) is 2.42. The molecule has 0 fully saturated rings. The summed E-state index contributed by atoms with van der Waals surface area (Å²) in [5.74, 6) is -0.427. The van der Waals surface area contributed by atoms with E-state index in [1.807, 2.05) is 13.8 Å². The van der Waals surface area contributed by atoms with E-state index in [0.29, 0.717) is 11.3 Å². The zero-order valence-corrected chi connectivity index (χ0v) is 10.8. The Morgan fingerprint density at radius 3 is 2.74 bits per heavy atom. The minimum atomic E-state index is -0.427. The van der Waals surface area contributed by atoms with Gasteiger partial charge in [-0.1, -0.05) is 0 Å². The molecular formula is C13H15FN4O. The van der Waals surface area contributed by atoms with E-state index in [4.69, 9.17) is 0 Å². The van der Waals surface area contributed by atoms with Crippen LogP contribution in [0.3, 0.4) is 0 Å². The maximum Gasteiger partial charge on any atom is 0.269 e. The van der Waals surface area contributed by atoms with Crippen molar-refractivity contribution in [1.29, 1.82) is 0 Å². The molecule has 2 aromatic heterocycles. The number of aromatic nitrogens is 3. The van der Waals surface area contributed by atoms with Gasteiger partial charge in [0.25, 0.3) is 5.56 Å². The first-order chi connectivity index (χ1) is 9.04. The van der Waals surface area contributed by atoms with E-state index in [2.05, 4.69) is 15.4 Å². The highest BCUT2D eigenvalue weighted by atomic mass is 19.1. The van der Waals surface area contributed by atoms with Crippen molar-refractivity contribution in [1.82, 2.24) is 14.8 Å². The molecule has 2 heterocycles. The fourth-order valence-electron chi connectivity index (χ4n) is 1.68. The topological polar surface area (TPSA) is 59.8 Å². The molecule has 0 spiro atoms. The van der Waals surface area contributed by atoms with Crippen molar-refractivity contribution in [3.8, 4) is 0 Å². The number of anilines is 1. The standard InChI is InChI=1S/C13H15FN4O/c1-9(2)17-12-4-13(19)18(16-7-12)8-10-3-11(14)6-15-5-10/h3-7,9,17H,8H2,1-2H3. The summed E-state index contributed by atoms with van der Waals surface area (Å²) in [7, 11) is 0. The highest BCUT2D eigenvalue weighted by Crippen LogP contribution is 2.04. The van der Waals surface area contributed by atoms with Crippen LogP contribution in [0.1, 0.15) is 19.4 Å². The van der Waals surface area contributed by atoms with Gasteiger partial charge in [-0.25, -0.2) is 9.07 Å². The second-order valence-electron chi connectivity index (χ2n) is 4.55. The van der Waals surface area contributed by atoms with Crippen LogP contribution in [0.2, 0.25) is 0 Å². The Kier molecular flexibility index (Phi) is 3.89. The molecule has 0 aromatic carbocycles. The van der Waals surface area contributed by atoms with Crippen molar-refractivity contribution < 1.29 is 4.39 Å². The molecule has 2 aromatic rings. The van der Waals surface area contributed by atoms with E-state index in [1.165, 1.54) is 23.0 Å². The normalized spacial score (nSPS) is 10.7. The van der Waals surface area contributed by atoms with Crippen LogP contribution in [0.15, 0.2) is 35.5 Å². The number of rotatable bonds is 4. The zero-order valence-electron chi connectivity index (χ0n) is 10.8. The number of pyridine rings is 1. The Balaban J connectivity index is 2.20. The van der Waals surface area contributed by atoms with Crippen molar-refractivity contribution in [2.45, 2.75) is 26.4 Å². The Morgan fingerprint density at radius 2 is 2.11 bits per heavy atom. The van der Waals surface area contributed by atoms with E-state index in [1.54, 1.807) is 6.20 Å². The molecule has 0 atom stereocenters. The average Bonchev–Trinajstić information content (AvgIpc) is 2.32. The molecule has 1 N–H and O–H groups in total. The minimum Gasteiger partial charge on any atom is -0.381 e. The van der Waals surface area contributed by atoms with Crippen molar-refractivity contribution in [3.05, 3.63) is 52.5 Å². The van der Waals surface area contributed by atoms with Gasteiger partial charge in [0.2, 0.25) is 0 Å². The first-order valence-corrected chi connectivity index (χ1v) is 5.98. The zero-order chi connectivity index (χ0) is 13.8. The Morgan fingerprint density at radius 1 is 1.32 bits per heavy atom. The summed E-state index contributed by atoms with van der Waals surface area (Å²) in [4.78, 5) is 15.6. The van der Waals surface area contributed by atoms with Gasteiger partial charge in [-0.3, -0.25) is 9.78 Å². The Bertz CT molecular complexity index is 624. The molecule has 0 radical (unpaired) electrons. The number of hydrogen-bond donors (Lipinski definition) is 1. The van der Waals surface area contributed by atoms with Gasteiger partial charge < -0.3 is 5.32 Å². The fraction of sp³-hybridized carbons (Fsp3) is 0.308. The van der Waals surface area contributed by atoms with E-state index < -0.39 is 5.82 Å². The lowest BCUT2D eigenvalue weighted by Crippen LogP contribution is -2.24. The van der Waals surface area contributed by atoms with Gasteiger partial charge in [0.1, 0.15) is 5.82 Å². The Labute approximate surface area is 110 Å². The molecule has 0 amide bonds. The van der Waals surface area contributed by atoms with Gasteiger partial charge in [0, 0.05) is 18.3 Å². The predicted molar refractivity (Wildman–Crippen MR) is 70.6 cm³/mol. The predicted octanol–water partition coefficient (Wildman–Crippen LogP) is 1.65. The van der Waals surface area contributed by atoms with Crippen molar-refractivity contribution in [2.75, 3.05) is 5.32 Å². The third-order valence-corrected chi connectivity index (χ3v) is 2.42. The largest absolute Gasteiger partial charge is 0.381 e. The smallest absolute Gasteiger partial charge is 0.269 e. The summed E-state index contributed by atoms with van der Waals surface area (Å²) >= 11 is 0. The van der Waals surface area contributed by atoms with E-state index in [9.17, 15) is 9.18 Å². The molecule has 100 valence electrons. The summed E-state index contributed by atoms with van der Waals surface area (Å²) in [5.41, 5.74) is 1.03. The fourth-order valence-corrected chi connectivity index (χ4v) is 1.68. The van der Waals surface area contributed by atoms with Gasteiger partial charge in [-0.15, -0.1) is 0 Å². The summed E-state index contributed by atoms with van der Waals surface area (Å²) in [6.45, 7) is 4.15. The molecule has 0 bridgehead atoms. The SMILES string of the molecule is CC(C)Nc1cnn(Cc2cncc(F)c2)c(=O)c1. The van der Waals surface area contributed by atoms with Crippen LogP contribution in [0.25, 0.3) is 0 Å². The van der Waals surface area contributed by atoms with Crippen LogP contribution in [0, 0.1) is 5.82 Å². The molecule has 0 aliphatic carbocycles. The summed E-state index contributed by atoms with van der Waals surface area (Å²) in [6, 6.07) is 3.03. The van der Waals surface area contributed by atoms with Crippen LogP contribution in [0.4, 0.5) is 10.1 Å². The van der Waals surface area contributed by atoms with Crippen molar-refractivity contribution in [3.63, 3.8) is 0 Å². The van der Waals surface area contributed by atoms with Gasteiger partial charge >= 0.3 is 0 Å². The lowest BCUT2D eigenvalue weighted by atomic mass is 10.3. The quantitative estimate of drug-likeness (QED) is 0.910. The average molecular weight is 262 g/mol. The number of hydrogen-bond acceptors (Lipinski definition) is 4. The molecule has 19 heavy (non-hydrogen) atoms.